The molecule has 0 aliphatic carbocycles. The van der Waals surface area contributed by atoms with Crippen molar-refractivity contribution in [3.63, 3.8) is 0 Å². The van der Waals surface area contributed by atoms with Crippen LogP contribution in [0.25, 0.3) is 0 Å². The molecule has 4 nitrogen and oxygen atoms in total. The minimum atomic E-state index is -4.49. The summed E-state index contributed by atoms with van der Waals surface area (Å²) in [5, 5.41) is 18.8. The van der Waals surface area contributed by atoms with Crippen LogP contribution in [0.5, 0.6) is 0 Å². The fraction of sp³-hybridized carbons (Fsp3) is 0.600. The summed E-state index contributed by atoms with van der Waals surface area (Å²) in [4.78, 5) is 0. The van der Waals surface area contributed by atoms with Gasteiger partial charge in [0.05, 0.1) is 5.60 Å². The number of hydrogen-bond donors (Lipinski definition) is 2. The topological polar surface area (TPSA) is 58.0 Å². The summed E-state index contributed by atoms with van der Waals surface area (Å²) in [7, 11) is 0. The van der Waals surface area contributed by atoms with Gasteiger partial charge in [0.15, 0.2) is 5.69 Å². The van der Waals surface area contributed by atoms with Gasteiger partial charge in [-0.05, 0) is 25.5 Å². The molecule has 0 bridgehead atoms. The van der Waals surface area contributed by atoms with Gasteiger partial charge in [0.2, 0.25) is 0 Å². The summed E-state index contributed by atoms with van der Waals surface area (Å²) in [5.41, 5.74) is -1.96. The number of alkyl halides is 3. The van der Waals surface area contributed by atoms with Crippen molar-refractivity contribution < 1.29 is 18.3 Å². The van der Waals surface area contributed by atoms with Crippen LogP contribution in [0.3, 0.4) is 0 Å². The Balaban J connectivity index is 2.64. The van der Waals surface area contributed by atoms with Crippen LogP contribution in [0.15, 0.2) is 12.1 Å². The van der Waals surface area contributed by atoms with Gasteiger partial charge in [-0.2, -0.15) is 13.2 Å². The second-order valence-electron chi connectivity index (χ2n) is 4.01. The SMILES string of the molecule is CCC(C)(O)CNc1ccc(C(F)(F)F)nn1. The second kappa shape index (κ2) is 4.87. The zero-order valence-corrected chi connectivity index (χ0v) is 9.54. The van der Waals surface area contributed by atoms with Crippen molar-refractivity contribution >= 4 is 5.82 Å². The Hall–Kier alpha value is -1.37. The van der Waals surface area contributed by atoms with E-state index < -0.39 is 17.5 Å². The average molecular weight is 249 g/mol. The van der Waals surface area contributed by atoms with Crippen molar-refractivity contribution in [1.29, 1.82) is 0 Å². The van der Waals surface area contributed by atoms with Crippen molar-refractivity contribution in [2.45, 2.75) is 32.0 Å². The fourth-order valence-corrected chi connectivity index (χ4v) is 0.984. The minimum absolute atomic E-state index is 0.198. The van der Waals surface area contributed by atoms with E-state index in [1.165, 1.54) is 6.07 Å². The van der Waals surface area contributed by atoms with Gasteiger partial charge in [-0.3, -0.25) is 0 Å². The lowest BCUT2D eigenvalue weighted by atomic mass is 10.0. The number of hydrogen-bond acceptors (Lipinski definition) is 4. The number of nitrogens with one attached hydrogen (secondary N) is 1. The molecule has 0 saturated heterocycles. The van der Waals surface area contributed by atoms with Gasteiger partial charge in [0, 0.05) is 6.54 Å². The monoisotopic (exact) mass is 249 g/mol. The third-order valence-corrected chi connectivity index (χ3v) is 2.37. The van der Waals surface area contributed by atoms with Crippen LogP contribution in [0.1, 0.15) is 26.0 Å². The van der Waals surface area contributed by atoms with Gasteiger partial charge in [0.1, 0.15) is 5.82 Å². The van der Waals surface area contributed by atoms with Crippen molar-refractivity contribution in [2.24, 2.45) is 0 Å². The van der Waals surface area contributed by atoms with Crippen LogP contribution in [0, 0.1) is 0 Å². The van der Waals surface area contributed by atoms with Crippen LogP contribution >= 0.6 is 0 Å². The Labute approximate surface area is 96.9 Å². The molecule has 0 fully saturated rings. The summed E-state index contributed by atoms with van der Waals surface area (Å²) < 4.78 is 36.6. The van der Waals surface area contributed by atoms with Crippen molar-refractivity contribution in [3.8, 4) is 0 Å². The molecule has 0 spiro atoms. The third kappa shape index (κ3) is 4.18. The van der Waals surface area contributed by atoms with Crippen molar-refractivity contribution in [2.75, 3.05) is 11.9 Å². The molecular formula is C10H14F3N3O. The molecule has 1 aromatic rings. The predicted molar refractivity (Wildman–Crippen MR) is 56.4 cm³/mol. The second-order valence-corrected chi connectivity index (χ2v) is 4.01. The lowest BCUT2D eigenvalue weighted by molar-refractivity contribution is -0.141. The maximum absolute atomic E-state index is 12.2. The van der Waals surface area contributed by atoms with Crippen molar-refractivity contribution in [1.82, 2.24) is 10.2 Å². The normalized spacial score (nSPS) is 15.4. The molecule has 0 aromatic carbocycles. The van der Waals surface area contributed by atoms with Gasteiger partial charge >= 0.3 is 6.18 Å². The van der Waals surface area contributed by atoms with E-state index >= 15 is 0 Å². The Morgan fingerprint density at radius 3 is 2.35 bits per heavy atom. The highest BCUT2D eigenvalue weighted by Crippen LogP contribution is 2.27. The van der Waals surface area contributed by atoms with E-state index in [2.05, 4.69) is 15.5 Å². The Bertz CT molecular complexity index is 362. The zero-order chi connectivity index (χ0) is 13.1. The molecule has 1 aromatic heterocycles. The highest BCUT2D eigenvalue weighted by atomic mass is 19.4. The fourth-order valence-electron chi connectivity index (χ4n) is 0.984. The number of aliphatic hydroxyl groups is 1. The molecule has 0 radical (unpaired) electrons. The summed E-state index contributed by atoms with van der Waals surface area (Å²) in [6.45, 7) is 3.63. The first kappa shape index (κ1) is 13.7. The van der Waals surface area contributed by atoms with Gasteiger partial charge in [-0.25, -0.2) is 0 Å². The van der Waals surface area contributed by atoms with Crippen LogP contribution in [-0.4, -0.2) is 27.4 Å². The molecular weight excluding hydrogens is 235 g/mol. The summed E-state index contributed by atoms with van der Waals surface area (Å²) >= 11 is 0. The molecule has 1 unspecified atom stereocenters. The first-order valence-electron chi connectivity index (χ1n) is 5.12. The van der Waals surface area contributed by atoms with E-state index in [1.807, 2.05) is 0 Å². The molecule has 0 saturated carbocycles. The van der Waals surface area contributed by atoms with Crippen LogP contribution < -0.4 is 5.32 Å². The van der Waals surface area contributed by atoms with Gasteiger partial charge in [-0.1, -0.05) is 6.92 Å². The lowest BCUT2D eigenvalue weighted by Gasteiger charge is -2.21. The molecule has 1 rings (SSSR count). The maximum Gasteiger partial charge on any atom is 0.435 e. The van der Waals surface area contributed by atoms with Gasteiger partial charge < -0.3 is 10.4 Å². The molecule has 96 valence electrons. The molecule has 0 amide bonds. The summed E-state index contributed by atoms with van der Waals surface area (Å²) in [6.07, 6.45) is -3.96. The zero-order valence-electron chi connectivity index (χ0n) is 9.54. The van der Waals surface area contributed by atoms with Crippen LogP contribution in [-0.2, 0) is 6.18 Å². The van der Waals surface area contributed by atoms with E-state index in [-0.39, 0.29) is 12.4 Å². The van der Waals surface area contributed by atoms with E-state index in [9.17, 15) is 18.3 Å². The van der Waals surface area contributed by atoms with Gasteiger partial charge in [-0.15, -0.1) is 10.2 Å². The largest absolute Gasteiger partial charge is 0.435 e. The van der Waals surface area contributed by atoms with E-state index in [1.54, 1.807) is 13.8 Å². The Morgan fingerprint density at radius 2 is 1.94 bits per heavy atom. The van der Waals surface area contributed by atoms with Crippen molar-refractivity contribution in [3.05, 3.63) is 17.8 Å². The number of rotatable bonds is 4. The number of anilines is 1. The third-order valence-electron chi connectivity index (χ3n) is 2.37. The molecule has 2 N–H and O–H groups in total. The standard InChI is InChI=1S/C10H14F3N3O/c1-3-9(2,17)6-14-8-5-4-7(15-16-8)10(11,12)13/h4-5,17H,3,6H2,1-2H3,(H,14,16). The highest BCUT2D eigenvalue weighted by Gasteiger charge is 2.32. The predicted octanol–water partition coefficient (Wildman–Crippen LogP) is 2.07. The number of halogens is 3. The molecule has 1 heterocycles. The molecule has 17 heavy (non-hydrogen) atoms. The number of aromatic nitrogens is 2. The first-order chi connectivity index (χ1) is 7.74. The van der Waals surface area contributed by atoms with Crippen LogP contribution in [0.4, 0.5) is 19.0 Å². The van der Waals surface area contributed by atoms with Crippen LogP contribution in [0.2, 0.25) is 0 Å². The summed E-state index contributed by atoms with van der Waals surface area (Å²) in [6, 6.07) is 2.03. The smallest absolute Gasteiger partial charge is 0.388 e. The molecule has 0 aliphatic rings. The average Bonchev–Trinajstić information content (AvgIpc) is 2.26. The molecule has 7 heteroatoms. The first-order valence-corrected chi connectivity index (χ1v) is 5.12. The number of nitrogens with zero attached hydrogens (tertiary/aromatic N) is 2. The molecule has 0 aliphatic heterocycles. The maximum atomic E-state index is 12.2. The lowest BCUT2D eigenvalue weighted by Crippen LogP contribution is -2.32. The Kier molecular flexibility index (Phi) is 3.92. The quantitative estimate of drug-likeness (QED) is 0.857. The molecule has 1 atom stereocenters. The van der Waals surface area contributed by atoms with E-state index in [4.69, 9.17) is 0 Å². The van der Waals surface area contributed by atoms with E-state index in [0.717, 1.165) is 6.07 Å². The van der Waals surface area contributed by atoms with Gasteiger partial charge in [0.25, 0.3) is 0 Å². The summed E-state index contributed by atoms with van der Waals surface area (Å²) in [5.74, 6) is 0.201. The highest BCUT2D eigenvalue weighted by molar-refractivity contribution is 5.33. The Morgan fingerprint density at radius 1 is 1.29 bits per heavy atom. The minimum Gasteiger partial charge on any atom is -0.388 e. The van der Waals surface area contributed by atoms with E-state index in [0.29, 0.717) is 6.42 Å².